The van der Waals surface area contributed by atoms with Crippen molar-refractivity contribution in [3.63, 3.8) is 0 Å². The number of nitriles is 1. The van der Waals surface area contributed by atoms with E-state index in [1.165, 1.54) is 0 Å². The Hall–Kier alpha value is -2.54. The summed E-state index contributed by atoms with van der Waals surface area (Å²) in [4.78, 5) is 4.44. The van der Waals surface area contributed by atoms with Crippen molar-refractivity contribution >= 4 is 5.69 Å². The molecule has 0 fully saturated rings. The van der Waals surface area contributed by atoms with Crippen LogP contribution in [0.4, 0.5) is 5.69 Å². The lowest BCUT2D eigenvalue weighted by Crippen LogP contribution is -1.97. The molecule has 0 saturated carbocycles. The van der Waals surface area contributed by atoms with Gasteiger partial charge in [-0.2, -0.15) is 5.26 Å². The summed E-state index contributed by atoms with van der Waals surface area (Å²) in [7, 11) is 0. The van der Waals surface area contributed by atoms with E-state index in [-0.39, 0.29) is 0 Å². The average Bonchev–Trinajstić information content (AvgIpc) is 2.41. The molecule has 0 radical (unpaired) electrons. The summed E-state index contributed by atoms with van der Waals surface area (Å²) in [6.45, 7) is 3.98. The van der Waals surface area contributed by atoms with Gasteiger partial charge in [-0.25, -0.2) is 0 Å². The van der Waals surface area contributed by atoms with E-state index in [9.17, 15) is 0 Å². The minimum Gasteiger partial charge on any atom is -0.455 e. The second-order valence-electron chi connectivity index (χ2n) is 4.21. The monoisotopic (exact) mass is 253 g/mol. The molecule has 0 spiro atoms. The molecule has 1 aromatic heterocycles. The van der Waals surface area contributed by atoms with Gasteiger partial charge in [0.2, 0.25) is 0 Å². The Kier molecular flexibility index (Phi) is 3.67. The summed E-state index contributed by atoms with van der Waals surface area (Å²) in [6.07, 6.45) is 0.794. The number of rotatable bonds is 3. The van der Waals surface area contributed by atoms with E-state index in [0.29, 0.717) is 17.0 Å². The summed E-state index contributed by atoms with van der Waals surface area (Å²) in [6, 6.07) is 10.9. The minimum absolute atomic E-state index is 0.415. The topological polar surface area (TPSA) is 71.9 Å². The molecule has 0 amide bonds. The SMILES string of the molecule is CCc1nc(C)ccc1Oc1ccc(C#N)c(N)c1. The first-order chi connectivity index (χ1) is 9.13. The molecule has 4 nitrogen and oxygen atoms in total. The van der Waals surface area contributed by atoms with Crippen LogP contribution in [0.3, 0.4) is 0 Å². The Morgan fingerprint density at radius 1 is 1.32 bits per heavy atom. The summed E-state index contributed by atoms with van der Waals surface area (Å²) < 4.78 is 5.78. The Morgan fingerprint density at radius 2 is 2.11 bits per heavy atom. The number of nitrogen functional groups attached to an aromatic ring is 1. The molecule has 2 rings (SSSR count). The first-order valence-corrected chi connectivity index (χ1v) is 6.08. The molecule has 1 aromatic carbocycles. The maximum atomic E-state index is 8.83. The van der Waals surface area contributed by atoms with Crippen LogP contribution < -0.4 is 10.5 Å². The van der Waals surface area contributed by atoms with Crippen molar-refractivity contribution < 1.29 is 4.74 Å². The quantitative estimate of drug-likeness (QED) is 0.852. The molecule has 0 aliphatic rings. The standard InChI is InChI=1S/C15H15N3O/c1-3-14-15(7-4-10(2)18-14)19-12-6-5-11(9-16)13(17)8-12/h4-8H,3,17H2,1-2H3. The van der Waals surface area contributed by atoms with Crippen molar-refractivity contribution in [1.29, 1.82) is 5.26 Å². The van der Waals surface area contributed by atoms with Crippen molar-refractivity contribution in [3.05, 3.63) is 47.3 Å². The lowest BCUT2D eigenvalue weighted by atomic mass is 10.2. The lowest BCUT2D eigenvalue weighted by molar-refractivity contribution is 0.473. The maximum Gasteiger partial charge on any atom is 0.148 e. The molecule has 0 bridgehead atoms. The minimum atomic E-state index is 0.415. The van der Waals surface area contributed by atoms with Crippen molar-refractivity contribution in [2.45, 2.75) is 20.3 Å². The fourth-order valence-corrected chi connectivity index (χ4v) is 1.78. The van der Waals surface area contributed by atoms with Crippen molar-refractivity contribution in [2.24, 2.45) is 0 Å². The predicted octanol–water partition coefficient (Wildman–Crippen LogP) is 3.20. The van der Waals surface area contributed by atoms with Crippen LogP contribution in [0.2, 0.25) is 0 Å². The number of aromatic nitrogens is 1. The number of hydrogen-bond donors (Lipinski definition) is 1. The second kappa shape index (κ2) is 5.40. The van der Waals surface area contributed by atoms with Crippen LogP contribution in [-0.2, 0) is 6.42 Å². The summed E-state index contributed by atoms with van der Waals surface area (Å²) >= 11 is 0. The highest BCUT2D eigenvalue weighted by molar-refractivity contribution is 5.57. The van der Waals surface area contributed by atoms with E-state index in [4.69, 9.17) is 15.7 Å². The van der Waals surface area contributed by atoms with Gasteiger partial charge in [-0.15, -0.1) is 0 Å². The van der Waals surface area contributed by atoms with Gasteiger partial charge in [-0.05, 0) is 37.6 Å². The highest BCUT2D eigenvalue weighted by atomic mass is 16.5. The molecule has 0 aliphatic carbocycles. The molecule has 0 aliphatic heterocycles. The van der Waals surface area contributed by atoms with Gasteiger partial charge >= 0.3 is 0 Å². The number of hydrogen-bond acceptors (Lipinski definition) is 4. The molecular formula is C15H15N3O. The van der Waals surface area contributed by atoms with Gasteiger partial charge in [0.25, 0.3) is 0 Å². The third kappa shape index (κ3) is 2.83. The van der Waals surface area contributed by atoms with E-state index >= 15 is 0 Å². The Morgan fingerprint density at radius 3 is 2.74 bits per heavy atom. The molecule has 4 heteroatoms. The van der Waals surface area contributed by atoms with Gasteiger partial charge in [0, 0.05) is 11.8 Å². The van der Waals surface area contributed by atoms with Crippen LogP contribution in [0.1, 0.15) is 23.9 Å². The summed E-state index contributed by atoms with van der Waals surface area (Å²) in [5.41, 5.74) is 8.49. The predicted molar refractivity (Wildman–Crippen MR) is 74.0 cm³/mol. The van der Waals surface area contributed by atoms with Gasteiger partial charge in [-0.1, -0.05) is 6.92 Å². The molecule has 2 N–H and O–H groups in total. The largest absolute Gasteiger partial charge is 0.455 e. The fourth-order valence-electron chi connectivity index (χ4n) is 1.78. The zero-order chi connectivity index (χ0) is 13.8. The highest BCUT2D eigenvalue weighted by Crippen LogP contribution is 2.27. The number of pyridine rings is 1. The number of ether oxygens (including phenoxy) is 1. The van der Waals surface area contributed by atoms with Gasteiger partial charge in [-0.3, -0.25) is 4.98 Å². The van der Waals surface area contributed by atoms with Gasteiger partial charge in [0.1, 0.15) is 17.6 Å². The molecule has 0 unspecified atom stereocenters. The Labute approximate surface area is 112 Å². The van der Waals surface area contributed by atoms with Gasteiger partial charge in [0.05, 0.1) is 16.9 Å². The fraction of sp³-hybridized carbons (Fsp3) is 0.200. The lowest BCUT2D eigenvalue weighted by Gasteiger charge is -2.10. The summed E-state index contributed by atoms with van der Waals surface area (Å²) in [5, 5.41) is 8.83. The molecule has 1 heterocycles. The van der Waals surface area contributed by atoms with E-state index in [2.05, 4.69) is 4.98 Å². The third-order valence-corrected chi connectivity index (χ3v) is 2.78. The molecule has 0 saturated heterocycles. The third-order valence-electron chi connectivity index (χ3n) is 2.78. The van der Waals surface area contributed by atoms with Crippen LogP contribution in [0.15, 0.2) is 30.3 Å². The van der Waals surface area contributed by atoms with Gasteiger partial charge < -0.3 is 10.5 Å². The second-order valence-corrected chi connectivity index (χ2v) is 4.21. The molecule has 96 valence electrons. The number of nitrogens with zero attached hydrogens (tertiary/aromatic N) is 2. The first-order valence-electron chi connectivity index (χ1n) is 6.08. The highest BCUT2D eigenvalue weighted by Gasteiger charge is 2.07. The van der Waals surface area contributed by atoms with Gasteiger partial charge in [0.15, 0.2) is 0 Å². The zero-order valence-corrected chi connectivity index (χ0v) is 11.0. The van der Waals surface area contributed by atoms with Crippen LogP contribution in [0.25, 0.3) is 0 Å². The van der Waals surface area contributed by atoms with Crippen LogP contribution >= 0.6 is 0 Å². The van der Waals surface area contributed by atoms with E-state index in [1.807, 2.05) is 32.0 Å². The maximum absolute atomic E-state index is 8.83. The summed E-state index contributed by atoms with van der Waals surface area (Å²) in [5.74, 6) is 1.33. The number of benzene rings is 1. The van der Waals surface area contributed by atoms with Crippen molar-refractivity contribution in [3.8, 4) is 17.6 Å². The van der Waals surface area contributed by atoms with Crippen LogP contribution in [-0.4, -0.2) is 4.98 Å². The Bertz CT molecular complexity index is 644. The Balaban J connectivity index is 2.31. The van der Waals surface area contributed by atoms with E-state index < -0.39 is 0 Å². The zero-order valence-electron chi connectivity index (χ0n) is 11.0. The van der Waals surface area contributed by atoms with Crippen LogP contribution in [0.5, 0.6) is 11.5 Å². The van der Waals surface area contributed by atoms with E-state index in [1.54, 1.807) is 18.2 Å². The van der Waals surface area contributed by atoms with Crippen molar-refractivity contribution in [1.82, 2.24) is 4.98 Å². The van der Waals surface area contributed by atoms with Crippen LogP contribution in [0, 0.1) is 18.3 Å². The normalized spacial score (nSPS) is 9.95. The van der Waals surface area contributed by atoms with Crippen molar-refractivity contribution in [2.75, 3.05) is 5.73 Å². The molecule has 0 atom stereocenters. The number of aryl methyl sites for hydroxylation is 2. The number of nitrogens with two attached hydrogens (primary N) is 1. The molecule has 2 aromatic rings. The number of anilines is 1. The first kappa shape index (κ1) is 12.9. The molecular weight excluding hydrogens is 238 g/mol. The van der Waals surface area contributed by atoms with E-state index in [0.717, 1.165) is 23.6 Å². The smallest absolute Gasteiger partial charge is 0.148 e. The average molecular weight is 253 g/mol. The molecule has 19 heavy (non-hydrogen) atoms.